The summed E-state index contributed by atoms with van der Waals surface area (Å²) in [7, 11) is -3.19. The average molecular weight is 340 g/mol. The molecule has 4 rings (SSSR count). The number of nitrogens with one attached hydrogen (secondary N) is 1. The maximum Gasteiger partial charge on any atom is 0.179 e. The van der Waals surface area contributed by atoms with Crippen LogP contribution in [0.25, 0.3) is 10.9 Å². The number of nitrogens with zero attached hydrogens (tertiary/aromatic N) is 3. The van der Waals surface area contributed by atoms with Gasteiger partial charge >= 0.3 is 0 Å². The number of hydrogen-bond acceptors (Lipinski definition) is 6. The van der Waals surface area contributed by atoms with E-state index in [9.17, 15) is 8.42 Å². The monoisotopic (exact) mass is 340 g/mol. The predicted octanol–water partition coefficient (Wildman–Crippen LogP) is 2.53. The van der Waals surface area contributed by atoms with Crippen LogP contribution in [0.15, 0.2) is 47.9 Å². The largest absolute Gasteiger partial charge is 0.363 e. The molecule has 0 fully saturated rings. The van der Waals surface area contributed by atoms with E-state index in [1.54, 1.807) is 24.5 Å². The Morgan fingerprint density at radius 3 is 2.71 bits per heavy atom. The summed E-state index contributed by atoms with van der Waals surface area (Å²) in [5.41, 5.74) is 2.65. The molecule has 3 aromatic rings. The highest BCUT2D eigenvalue weighted by atomic mass is 32.2. The molecule has 24 heavy (non-hydrogen) atoms. The summed E-state index contributed by atoms with van der Waals surface area (Å²) < 4.78 is 24.4. The quantitative estimate of drug-likeness (QED) is 0.789. The molecule has 6 nitrogen and oxygen atoms in total. The van der Waals surface area contributed by atoms with Crippen LogP contribution in [0.5, 0.6) is 0 Å². The molecule has 1 unspecified atom stereocenters. The summed E-state index contributed by atoms with van der Waals surface area (Å²) in [6, 6.07) is 7.30. The molecule has 122 valence electrons. The van der Waals surface area contributed by atoms with Gasteiger partial charge in [-0.1, -0.05) is 0 Å². The van der Waals surface area contributed by atoms with Crippen molar-refractivity contribution in [3.63, 3.8) is 0 Å². The summed E-state index contributed by atoms with van der Waals surface area (Å²) in [6.07, 6.45) is 5.49. The second-order valence-electron chi connectivity index (χ2n) is 5.87. The highest BCUT2D eigenvalue weighted by Gasteiger charge is 2.29. The van der Waals surface area contributed by atoms with Crippen molar-refractivity contribution < 1.29 is 8.42 Å². The lowest BCUT2D eigenvalue weighted by Gasteiger charge is -2.17. The van der Waals surface area contributed by atoms with E-state index in [1.807, 2.05) is 19.1 Å². The second kappa shape index (κ2) is 5.52. The fourth-order valence-corrected chi connectivity index (χ4v) is 4.69. The number of aromatic nitrogens is 3. The summed E-state index contributed by atoms with van der Waals surface area (Å²) in [6.45, 7) is 2.03. The Balaban J connectivity index is 1.83. The molecule has 0 aliphatic carbocycles. The van der Waals surface area contributed by atoms with E-state index in [0.717, 1.165) is 22.0 Å². The number of benzene rings is 1. The Morgan fingerprint density at radius 1 is 1.12 bits per heavy atom. The lowest BCUT2D eigenvalue weighted by molar-refractivity contribution is 0.600. The van der Waals surface area contributed by atoms with Crippen molar-refractivity contribution >= 4 is 26.6 Å². The zero-order valence-corrected chi connectivity index (χ0v) is 13.9. The van der Waals surface area contributed by atoms with Gasteiger partial charge in [-0.25, -0.2) is 18.4 Å². The molecule has 3 heterocycles. The highest BCUT2D eigenvalue weighted by molar-refractivity contribution is 7.91. The van der Waals surface area contributed by atoms with Crippen LogP contribution < -0.4 is 5.32 Å². The summed E-state index contributed by atoms with van der Waals surface area (Å²) in [4.78, 5) is 13.1. The minimum Gasteiger partial charge on any atom is -0.363 e. The fourth-order valence-electron chi connectivity index (χ4n) is 3.14. The predicted molar refractivity (Wildman–Crippen MR) is 91.6 cm³/mol. The normalized spacial score (nSPS) is 16.7. The van der Waals surface area contributed by atoms with Gasteiger partial charge in [0.05, 0.1) is 22.2 Å². The Hall–Kier alpha value is -2.54. The van der Waals surface area contributed by atoms with Gasteiger partial charge < -0.3 is 5.32 Å². The maximum absolute atomic E-state index is 12.2. The molecule has 1 atom stereocenters. The lowest BCUT2D eigenvalue weighted by atomic mass is 10.1. The minimum atomic E-state index is -3.19. The van der Waals surface area contributed by atoms with Crippen LogP contribution in [-0.4, -0.2) is 29.1 Å². The first kappa shape index (κ1) is 15.0. The first-order chi connectivity index (χ1) is 11.6. The van der Waals surface area contributed by atoms with Gasteiger partial charge in [0.15, 0.2) is 9.84 Å². The van der Waals surface area contributed by atoms with Crippen LogP contribution in [0.2, 0.25) is 0 Å². The zero-order chi connectivity index (χ0) is 16.7. The van der Waals surface area contributed by atoms with Crippen molar-refractivity contribution in [2.45, 2.75) is 24.3 Å². The molecule has 7 heteroatoms. The Labute approximate surface area is 139 Å². The van der Waals surface area contributed by atoms with E-state index in [4.69, 9.17) is 0 Å². The second-order valence-corrected chi connectivity index (χ2v) is 7.95. The molecule has 0 saturated carbocycles. The van der Waals surface area contributed by atoms with E-state index in [-0.39, 0.29) is 11.8 Å². The number of aryl methyl sites for hydroxylation is 1. The molecule has 1 aliphatic heterocycles. The third kappa shape index (κ3) is 2.41. The Bertz CT molecular complexity index is 1020. The van der Waals surface area contributed by atoms with E-state index < -0.39 is 9.84 Å². The van der Waals surface area contributed by atoms with Gasteiger partial charge in [-0.05, 0) is 48.7 Å². The standard InChI is InChI=1S/C17H16N4O2S/c1-11(12-4-7-18-8-5-12)21-17-16-13-6-9-24(22,23)15(13)3-2-14(16)19-10-20-17/h2-5,7-8,10-11H,6,9H2,1H3,(H,19,20,21). The third-order valence-electron chi connectivity index (χ3n) is 4.38. The van der Waals surface area contributed by atoms with Crippen LogP contribution in [0, 0.1) is 0 Å². The van der Waals surface area contributed by atoms with Crippen molar-refractivity contribution in [1.29, 1.82) is 0 Å². The van der Waals surface area contributed by atoms with E-state index in [1.165, 1.54) is 6.33 Å². The zero-order valence-electron chi connectivity index (χ0n) is 13.1. The number of rotatable bonds is 3. The number of sulfone groups is 1. The Morgan fingerprint density at radius 2 is 1.92 bits per heavy atom. The highest BCUT2D eigenvalue weighted by Crippen LogP contribution is 2.35. The maximum atomic E-state index is 12.2. The molecule has 0 spiro atoms. The van der Waals surface area contributed by atoms with Crippen LogP contribution in [0.1, 0.15) is 24.1 Å². The van der Waals surface area contributed by atoms with Crippen LogP contribution in [0.4, 0.5) is 5.82 Å². The first-order valence-electron chi connectivity index (χ1n) is 7.72. The summed E-state index contributed by atoms with van der Waals surface area (Å²) >= 11 is 0. The molecule has 0 radical (unpaired) electrons. The third-order valence-corrected chi connectivity index (χ3v) is 6.18. The van der Waals surface area contributed by atoms with Gasteiger partial charge in [0.2, 0.25) is 0 Å². The van der Waals surface area contributed by atoms with Gasteiger partial charge in [-0.2, -0.15) is 0 Å². The SMILES string of the molecule is CC(Nc1ncnc2ccc3c(c12)CCS3(=O)=O)c1ccncc1. The van der Waals surface area contributed by atoms with Crippen molar-refractivity contribution in [3.8, 4) is 0 Å². The van der Waals surface area contributed by atoms with Gasteiger partial charge in [0.1, 0.15) is 12.1 Å². The number of anilines is 1. The molecule has 0 amide bonds. The summed E-state index contributed by atoms with van der Waals surface area (Å²) in [5.74, 6) is 0.814. The van der Waals surface area contributed by atoms with Gasteiger partial charge in [-0.3, -0.25) is 4.98 Å². The van der Waals surface area contributed by atoms with E-state index in [0.29, 0.717) is 17.1 Å². The van der Waals surface area contributed by atoms with Gasteiger partial charge in [-0.15, -0.1) is 0 Å². The number of fused-ring (bicyclic) bond motifs is 3. The Kier molecular flexibility index (Phi) is 3.45. The van der Waals surface area contributed by atoms with Gasteiger partial charge in [0.25, 0.3) is 0 Å². The van der Waals surface area contributed by atoms with Crippen LogP contribution in [0.3, 0.4) is 0 Å². The molecule has 0 saturated heterocycles. The molecule has 1 aromatic carbocycles. The molecule has 0 bridgehead atoms. The van der Waals surface area contributed by atoms with Crippen molar-refractivity contribution in [3.05, 3.63) is 54.1 Å². The van der Waals surface area contributed by atoms with Crippen molar-refractivity contribution in [1.82, 2.24) is 15.0 Å². The minimum absolute atomic E-state index is 0.0139. The summed E-state index contributed by atoms with van der Waals surface area (Å²) in [5, 5.41) is 4.19. The molecule has 1 aliphatic rings. The van der Waals surface area contributed by atoms with Crippen LogP contribution in [-0.2, 0) is 16.3 Å². The fraction of sp³-hybridized carbons (Fsp3) is 0.235. The topological polar surface area (TPSA) is 84.8 Å². The van der Waals surface area contributed by atoms with Gasteiger partial charge in [0, 0.05) is 17.8 Å². The van der Waals surface area contributed by atoms with Crippen molar-refractivity contribution in [2.75, 3.05) is 11.1 Å². The van der Waals surface area contributed by atoms with E-state index in [2.05, 4.69) is 20.3 Å². The van der Waals surface area contributed by atoms with Crippen molar-refractivity contribution in [2.24, 2.45) is 0 Å². The smallest absolute Gasteiger partial charge is 0.179 e. The lowest BCUT2D eigenvalue weighted by Crippen LogP contribution is -2.09. The van der Waals surface area contributed by atoms with E-state index >= 15 is 0 Å². The number of hydrogen-bond donors (Lipinski definition) is 1. The average Bonchev–Trinajstić information content (AvgIpc) is 2.91. The molecule has 2 aromatic heterocycles. The molecule has 1 N–H and O–H groups in total. The number of pyridine rings is 1. The molecular formula is C17H16N4O2S. The molecular weight excluding hydrogens is 324 g/mol. The van der Waals surface area contributed by atoms with Crippen LogP contribution >= 0.6 is 0 Å². The first-order valence-corrected chi connectivity index (χ1v) is 9.37.